The maximum atomic E-state index is 13.4. The lowest BCUT2D eigenvalue weighted by molar-refractivity contribution is 0.627. The van der Waals surface area contributed by atoms with Crippen LogP contribution in [-0.4, -0.2) is 4.98 Å². The average Bonchev–Trinajstić information content (AvgIpc) is 2.38. The number of rotatable bonds is 2. The van der Waals surface area contributed by atoms with E-state index in [9.17, 15) is 4.39 Å². The van der Waals surface area contributed by atoms with Crippen molar-refractivity contribution >= 4 is 28.1 Å². The lowest BCUT2D eigenvalue weighted by Crippen LogP contribution is -1.95. The minimum Gasteiger partial charge on any atom is -0.399 e. The molecule has 1 heterocycles. The molecule has 0 fully saturated rings. The number of pyridine rings is 1. The van der Waals surface area contributed by atoms with Gasteiger partial charge in [-0.3, -0.25) is 0 Å². The summed E-state index contributed by atoms with van der Waals surface area (Å²) in [4.78, 5) is 4.48. The molecule has 0 amide bonds. The Morgan fingerprint density at radius 2 is 1.90 bits per heavy atom. The van der Waals surface area contributed by atoms with Gasteiger partial charge in [-0.1, -0.05) is 0 Å². The molecule has 4 heteroatoms. The van der Waals surface area contributed by atoms with Gasteiger partial charge >= 0.3 is 0 Å². The number of aryl methyl sites for hydroxylation is 1. The number of hydrogen-bond acceptors (Lipinski definition) is 3. The van der Waals surface area contributed by atoms with Gasteiger partial charge in [-0.2, -0.15) is 0 Å². The maximum Gasteiger partial charge on any atom is 0.131 e. The summed E-state index contributed by atoms with van der Waals surface area (Å²) in [5.74, 6) is 0.410. The van der Waals surface area contributed by atoms with Crippen LogP contribution in [0.2, 0.25) is 0 Å². The van der Waals surface area contributed by atoms with Gasteiger partial charge in [-0.05, 0) is 61.0 Å². The zero-order chi connectivity index (χ0) is 14.1. The van der Waals surface area contributed by atoms with Gasteiger partial charge in [0.15, 0.2) is 0 Å². The van der Waals surface area contributed by atoms with E-state index in [0.29, 0.717) is 17.2 Å². The molecule has 0 saturated carbocycles. The highest BCUT2D eigenvalue weighted by Gasteiger charge is 2.02. The maximum absolute atomic E-state index is 13.4. The minimum atomic E-state index is -0.263. The number of halogens is 1. The Balaban J connectivity index is 1.96. The van der Waals surface area contributed by atoms with Crippen molar-refractivity contribution in [1.29, 1.82) is 0 Å². The van der Waals surface area contributed by atoms with E-state index >= 15 is 0 Å². The molecule has 0 radical (unpaired) electrons. The molecule has 0 spiro atoms. The number of nitrogens with one attached hydrogen (secondary N) is 1. The largest absolute Gasteiger partial charge is 0.399 e. The monoisotopic (exact) mass is 267 g/mol. The van der Waals surface area contributed by atoms with E-state index < -0.39 is 0 Å². The SMILES string of the molecule is Cc1cc(F)cc(Nc2ccc3cc(N)ccc3n2)c1. The van der Waals surface area contributed by atoms with E-state index in [1.54, 1.807) is 0 Å². The van der Waals surface area contributed by atoms with Gasteiger partial charge in [0.2, 0.25) is 0 Å². The number of nitrogens with two attached hydrogens (primary N) is 1. The Kier molecular flexibility index (Phi) is 2.99. The Hall–Kier alpha value is -2.62. The van der Waals surface area contributed by atoms with Crippen molar-refractivity contribution in [3.8, 4) is 0 Å². The van der Waals surface area contributed by atoms with Gasteiger partial charge in [0.05, 0.1) is 5.52 Å². The molecule has 1 aromatic heterocycles. The first-order valence-corrected chi connectivity index (χ1v) is 6.31. The van der Waals surface area contributed by atoms with Gasteiger partial charge in [-0.25, -0.2) is 9.37 Å². The molecule has 20 heavy (non-hydrogen) atoms. The lowest BCUT2D eigenvalue weighted by atomic mass is 10.2. The molecule has 0 saturated heterocycles. The van der Waals surface area contributed by atoms with E-state index in [2.05, 4.69) is 10.3 Å². The second-order valence-electron chi connectivity index (χ2n) is 4.79. The predicted octanol–water partition coefficient (Wildman–Crippen LogP) is 4.01. The summed E-state index contributed by atoms with van der Waals surface area (Å²) in [6, 6.07) is 14.1. The van der Waals surface area contributed by atoms with Gasteiger partial charge in [0.25, 0.3) is 0 Å². The molecule has 3 N–H and O–H groups in total. The van der Waals surface area contributed by atoms with Crippen molar-refractivity contribution in [2.24, 2.45) is 0 Å². The van der Waals surface area contributed by atoms with E-state index in [-0.39, 0.29) is 5.82 Å². The third-order valence-corrected chi connectivity index (χ3v) is 3.03. The normalized spacial score (nSPS) is 10.7. The van der Waals surface area contributed by atoms with Gasteiger partial charge in [0.1, 0.15) is 11.6 Å². The first kappa shape index (κ1) is 12.4. The fourth-order valence-electron chi connectivity index (χ4n) is 2.17. The Morgan fingerprint density at radius 1 is 1.05 bits per heavy atom. The molecule has 0 unspecified atom stereocenters. The molecule has 0 bridgehead atoms. The van der Waals surface area contributed by atoms with Crippen LogP contribution in [0.1, 0.15) is 5.56 Å². The van der Waals surface area contributed by atoms with Crippen molar-refractivity contribution in [2.75, 3.05) is 11.1 Å². The number of anilines is 3. The summed E-state index contributed by atoms with van der Waals surface area (Å²) in [6.45, 7) is 1.85. The summed E-state index contributed by atoms with van der Waals surface area (Å²) < 4.78 is 13.4. The zero-order valence-corrected chi connectivity index (χ0v) is 11.0. The van der Waals surface area contributed by atoms with Gasteiger partial charge in [0, 0.05) is 16.8 Å². The second-order valence-corrected chi connectivity index (χ2v) is 4.79. The Bertz CT molecular complexity index is 764. The quantitative estimate of drug-likeness (QED) is 0.690. The molecular formula is C16H14FN3. The lowest BCUT2D eigenvalue weighted by Gasteiger charge is -2.08. The third-order valence-electron chi connectivity index (χ3n) is 3.03. The molecule has 3 rings (SSSR count). The number of aromatic nitrogens is 1. The van der Waals surface area contributed by atoms with Crippen molar-refractivity contribution < 1.29 is 4.39 Å². The Morgan fingerprint density at radius 3 is 2.70 bits per heavy atom. The van der Waals surface area contributed by atoms with Crippen LogP contribution in [0, 0.1) is 12.7 Å². The zero-order valence-electron chi connectivity index (χ0n) is 11.0. The fourth-order valence-corrected chi connectivity index (χ4v) is 2.17. The summed E-state index contributed by atoms with van der Waals surface area (Å²) in [6.07, 6.45) is 0. The number of fused-ring (bicyclic) bond motifs is 1. The minimum absolute atomic E-state index is 0.263. The summed E-state index contributed by atoms with van der Waals surface area (Å²) >= 11 is 0. The number of nitrogens with zero attached hydrogens (tertiary/aromatic N) is 1. The van der Waals surface area contributed by atoms with Crippen LogP contribution < -0.4 is 11.1 Å². The molecule has 2 aromatic carbocycles. The molecule has 0 aliphatic carbocycles. The highest BCUT2D eigenvalue weighted by molar-refractivity contribution is 5.83. The molecule has 0 aliphatic heterocycles. The van der Waals surface area contributed by atoms with Crippen molar-refractivity contribution in [1.82, 2.24) is 4.98 Å². The van der Waals surface area contributed by atoms with E-state index in [1.165, 1.54) is 12.1 Å². The summed E-state index contributed by atoms with van der Waals surface area (Å²) in [5, 5.41) is 4.09. The Labute approximate surface area is 116 Å². The number of hydrogen-bond donors (Lipinski definition) is 2. The molecule has 100 valence electrons. The van der Waals surface area contributed by atoms with Crippen molar-refractivity contribution in [3.05, 3.63) is 59.9 Å². The first-order valence-electron chi connectivity index (χ1n) is 6.31. The highest BCUT2D eigenvalue weighted by Crippen LogP contribution is 2.21. The van der Waals surface area contributed by atoms with E-state index in [4.69, 9.17) is 5.73 Å². The van der Waals surface area contributed by atoms with Crippen LogP contribution >= 0.6 is 0 Å². The first-order chi connectivity index (χ1) is 9.60. The predicted molar refractivity (Wildman–Crippen MR) is 80.6 cm³/mol. The second kappa shape index (κ2) is 4.81. The van der Waals surface area contributed by atoms with Crippen LogP contribution in [0.3, 0.4) is 0 Å². The van der Waals surface area contributed by atoms with E-state index in [0.717, 1.165) is 16.5 Å². The molecule has 0 atom stereocenters. The molecule has 3 nitrogen and oxygen atoms in total. The molecule has 0 aliphatic rings. The number of nitrogen functional groups attached to an aromatic ring is 1. The van der Waals surface area contributed by atoms with E-state index in [1.807, 2.05) is 43.3 Å². The van der Waals surface area contributed by atoms with Crippen LogP contribution in [0.15, 0.2) is 48.5 Å². The van der Waals surface area contributed by atoms with Crippen LogP contribution in [0.4, 0.5) is 21.6 Å². The topological polar surface area (TPSA) is 50.9 Å². The average molecular weight is 267 g/mol. The fraction of sp³-hybridized carbons (Fsp3) is 0.0625. The smallest absolute Gasteiger partial charge is 0.131 e. The van der Waals surface area contributed by atoms with Crippen molar-refractivity contribution in [3.63, 3.8) is 0 Å². The summed E-state index contributed by atoms with van der Waals surface area (Å²) in [7, 11) is 0. The highest BCUT2D eigenvalue weighted by atomic mass is 19.1. The third kappa shape index (κ3) is 2.54. The van der Waals surface area contributed by atoms with Crippen LogP contribution in [-0.2, 0) is 0 Å². The number of benzene rings is 2. The van der Waals surface area contributed by atoms with Gasteiger partial charge in [-0.15, -0.1) is 0 Å². The molecular weight excluding hydrogens is 253 g/mol. The van der Waals surface area contributed by atoms with Gasteiger partial charge < -0.3 is 11.1 Å². The molecule has 3 aromatic rings. The van der Waals surface area contributed by atoms with Crippen LogP contribution in [0.25, 0.3) is 10.9 Å². The standard InChI is InChI=1S/C16H14FN3/c1-10-6-12(17)9-14(7-10)19-16-5-2-11-8-13(18)3-4-15(11)20-16/h2-9H,18H2,1H3,(H,19,20). The van der Waals surface area contributed by atoms with Crippen molar-refractivity contribution in [2.45, 2.75) is 6.92 Å². The van der Waals surface area contributed by atoms with Crippen LogP contribution in [0.5, 0.6) is 0 Å². The summed E-state index contributed by atoms with van der Waals surface area (Å²) in [5.41, 5.74) is 8.83.